The Kier molecular flexibility index (Phi) is 4.29. The van der Waals surface area contributed by atoms with Gasteiger partial charge in [-0.25, -0.2) is 0 Å². The van der Waals surface area contributed by atoms with Crippen molar-refractivity contribution in [1.82, 2.24) is 9.88 Å². The fourth-order valence-electron chi connectivity index (χ4n) is 2.24. The molecule has 0 spiro atoms. The molecule has 2 N–H and O–H groups in total. The van der Waals surface area contributed by atoms with Crippen molar-refractivity contribution < 1.29 is 14.3 Å². The van der Waals surface area contributed by atoms with Crippen LogP contribution in [0.2, 0.25) is 0 Å². The number of rotatable bonds is 5. The molecular formula is C15H20N2O3. The molecule has 0 saturated heterocycles. The predicted octanol–water partition coefficient (Wildman–Crippen LogP) is 2.09. The molecule has 5 heteroatoms. The van der Waals surface area contributed by atoms with Crippen LogP contribution >= 0.6 is 0 Å². The smallest absolute Gasteiger partial charge is 0.254 e. The van der Waals surface area contributed by atoms with Gasteiger partial charge in [0.2, 0.25) is 0 Å². The van der Waals surface area contributed by atoms with Crippen LogP contribution in [-0.4, -0.2) is 22.1 Å². The first kappa shape index (κ1) is 14.4. The average molecular weight is 276 g/mol. The molecule has 0 saturated carbocycles. The Bertz CT molecular complexity index is 598. The van der Waals surface area contributed by atoms with Gasteiger partial charge in [-0.1, -0.05) is 0 Å². The summed E-state index contributed by atoms with van der Waals surface area (Å²) in [6.45, 7) is 3.98. The summed E-state index contributed by atoms with van der Waals surface area (Å²) in [6, 6.07) is 5.48. The van der Waals surface area contributed by atoms with Gasteiger partial charge in [-0.2, -0.15) is 0 Å². The van der Waals surface area contributed by atoms with E-state index in [1.807, 2.05) is 36.9 Å². The average Bonchev–Trinajstić information content (AvgIpc) is 2.95. The van der Waals surface area contributed by atoms with Crippen LogP contribution in [0.4, 0.5) is 0 Å². The summed E-state index contributed by atoms with van der Waals surface area (Å²) in [7, 11) is 1.88. The molecule has 0 radical (unpaired) electrons. The molecule has 0 bridgehead atoms. The van der Waals surface area contributed by atoms with Crippen LogP contribution in [0, 0.1) is 13.8 Å². The highest BCUT2D eigenvalue weighted by Crippen LogP contribution is 2.16. The predicted molar refractivity (Wildman–Crippen MR) is 75.5 cm³/mol. The fraction of sp³-hybridized carbons (Fsp3) is 0.400. The highest BCUT2D eigenvalue weighted by Gasteiger charge is 2.14. The van der Waals surface area contributed by atoms with Crippen molar-refractivity contribution in [2.24, 2.45) is 7.05 Å². The van der Waals surface area contributed by atoms with Gasteiger partial charge in [-0.3, -0.25) is 4.79 Å². The molecular weight excluding hydrogens is 256 g/mol. The Labute approximate surface area is 118 Å². The van der Waals surface area contributed by atoms with Crippen molar-refractivity contribution in [2.75, 3.05) is 6.54 Å². The Balaban J connectivity index is 1.86. The highest BCUT2D eigenvalue weighted by molar-refractivity contribution is 5.95. The minimum absolute atomic E-state index is 0.168. The van der Waals surface area contributed by atoms with Crippen molar-refractivity contribution in [1.29, 1.82) is 0 Å². The number of hydrogen-bond donors (Lipinski definition) is 2. The van der Waals surface area contributed by atoms with E-state index in [0.29, 0.717) is 24.3 Å². The molecule has 0 unspecified atom stereocenters. The molecule has 2 heterocycles. The zero-order chi connectivity index (χ0) is 14.7. The second-order valence-corrected chi connectivity index (χ2v) is 4.93. The first-order valence-corrected chi connectivity index (χ1v) is 6.63. The lowest BCUT2D eigenvalue weighted by atomic mass is 10.2. The largest absolute Gasteiger partial charge is 0.466 e. The molecule has 0 aliphatic rings. The summed E-state index contributed by atoms with van der Waals surface area (Å²) >= 11 is 0. The van der Waals surface area contributed by atoms with E-state index in [1.165, 1.54) is 0 Å². The standard InChI is InChI=1S/C15H20N2O3/c1-10-9-12(11(2)20-10)15(19)16-7-6-14(18)13-5-4-8-17(13)3/h4-5,8-9,14,18H,6-7H2,1-3H3,(H,16,19)/t14-/m1/s1. The molecule has 2 rings (SSSR count). The first-order valence-electron chi connectivity index (χ1n) is 6.63. The monoisotopic (exact) mass is 276 g/mol. The maximum Gasteiger partial charge on any atom is 0.254 e. The van der Waals surface area contributed by atoms with Crippen LogP contribution in [0.1, 0.15) is 40.1 Å². The quantitative estimate of drug-likeness (QED) is 0.878. The van der Waals surface area contributed by atoms with Crippen molar-refractivity contribution in [3.8, 4) is 0 Å². The molecule has 5 nitrogen and oxygen atoms in total. The number of furan rings is 1. The Morgan fingerprint density at radius 1 is 1.50 bits per heavy atom. The van der Waals surface area contributed by atoms with E-state index < -0.39 is 6.10 Å². The minimum Gasteiger partial charge on any atom is -0.466 e. The third-order valence-corrected chi connectivity index (χ3v) is 3.31. The van der Waals surface area contributed by atoms with Crippen LogP contribution in [0.15, 0.2) is 28.8 Å². The van der Waals surface area contributed by atoms with E-state index in [2.05, 4.69) is 5.32 Å². The maximum atomic E-state index is 12.0. The van der Waals surface area contributed by atoms with Crippen LogP contribution in [-0.2, 0) is 7.05 Å². The number of amides is 1. The van der Waals surface area contributed by atoms with Gasteiger partial charge >= 0.3 is 0 Å². The number of aromatic nitrogens is 1. The van der Waals surface area contributed by atoms with Crippen molar-refractivity contribution in [2.45, 2.75) is 26.4 Å². The van der Waals surface area contributed by atoms with Gasteiger partial charge in [0, 0.05) is 25.5 Å². The second kappa shape index (κ2) is 5.96. The lowest BCUT2D eigenvalue weighted by Gasteiger charge is -2.12. The van der Waals surface area contributed by atoms with Gasteiger partial charge in [0.15, 0.2) is 0 Å². The Hall–Kier alpha value is -2.01. The number of carbonyl (C=O) groups excluding carboxylic acids is 1. The summed E-state index contributed by atoms with van der Waals surface area (Å²) in [4.78, 5) is 12.0. The van der Waals surface area contributed by atoms with Crippen molar-refractivity contribution >= 4 is 5.91 Å². The number of aryl methyl sites for hydroxylation is 3. The van der Waals surface area contributed by atoms with E-state index in [-0.39, 0.29) is 5.91 Å². The topological polar surface area (TPSA) is 67.4 Å². The van der Waals surface area contributed by atoms with Crippen LogP contribution < -0.4 is 5.32 Å². The van der Waals surface area contributed by atoms with Crippen LogP contribution in [0.3, 0.4) is 0 Å². The van der Waals surface area contributed by atoms with E-state index in [4.69, 9.17) is 4.42 Å². The van der Waals surface area contributed by atoms with Gasteiger partial charge in [0.1, 0.15) is 11.5 Å². The SMILES string of the molecule is Cc1cc(C(=O)NCC[C@@H](O)c2cccn2C)c(C)o1. The van der Waals surface area contributed by atoms with E-state index in [1.54, 1.807) is 13.0 Å². The summed E-state index contributed by atoms with van der Waals surface area (Å²) in [5.74, 6) is 1.16. The molecule has 108 valence electrons. The van der Waals surface area contributed by atoms with Gasteiger partial charge in [-0.05, 0) is 38.5 Å². The summed E-state index contributed by atoms with van der Waals surface area (Å²) in [6.07, 6.45) is 1.77. The molecule has 2 aromatic rings. The summed E-state index contributed by atoms with van der Waals surface area (Å²) < 4.78 is 7.20. The lowest BCUT2D eigenvalue weighted by Crippen LogP contribution is -2.26. The number of aliphatic hydroxyl groups is 1. The number of nitrogens with zero attached hydrogens (tertiary/aromatic N) is 1. The molecule has 2 aromatic heterocycles. The van der Waals surface area contributed by atoms with Crippen molar-refractivity contribution in [3.63, 3.8) is 0 Å². The third-order valence-electron chi connectivity index (χ3n) is 3.31. The molecule has 20 heavy (non-hydrogen) atoms. The third kappa shape index (κ3) is 3.11. The molecule has 0 aromatic carbocycles. The van der Waals surface area contributed by atoms with Crippen LogP contribution in [0.5, 0.6) is 0 Å². The zero-order valence-electron chi connectivity index (χ0n) is 12.0. The lowest BCUT2D eigenvalue weighted by molar-refractivity contribution is 0.0940. The maximum absolute atomic E-state index is 12.0. The van der Waals surface area contributed by atoms with E-state index in [0.717, 1.165) is 11.5 Å². The fourth-order valence-corrected chi connectivity index (χ4v) is 2.24. The van der Waals surface area contributed by atoms with Crippen LogP contribution in [0.25, 0.3) is 0 Å². The first-order chi connectivity index (χ1) is 9.49. The van der Waals surface area contributed by atoms with Gasteiger partial charge in [0.25, 0.3) is 5.91 Å². The number of carbonyl (C=O) groups is 1. The molecule has 1 amide bonds. The molecule has 0 aliphatic heterocycles. The second-order valence-electron chi connectivity index (χ2n) is 4.93. The molecule has 0 aliphatic carbocycles. The van der Waals surface area contributed by atoms with E-state index in [9.17, 15) is 9.90 Å². The van der Waals surface area contributed by atoms with Crippen molar-refractivity contribution in [3.05, 3.63) is 47.2 Å². The van der Waals surface area contributed by atoms with Gasteiger partial charge in [0.05, 0.1) is 11.7 Å². The zero-order valence-corrected chi connectivity index (χ0v) is 12.0. The highest BCUT2D eigenvalue weighted by atomic mass is 16.3. The van der Waals surface area contributed by atoms with Gasteiger partial charge < -0.3 is 19.4 Å². The number of hydrogen-bond acceptors (Lipinski definition) is 3. The summed E-state index contributed by atoms with van der Waals surface area (Å²) in [5.41, 5.74) is 1.39. The molecule has 1 atom stereocenters. The van der Waals surface area contributed by atoms with Gasteiger partial charge in [-0.15, -0.1) is 0 Å². The molecule has 0 fully saturated rings. The number of aliphatic hydroxyl groups excluding tert-OH is 1. The summed E-state index contributed by atoms with van der Waals surface area (Å²) in [5, 5.41) is 12.8. The number of nitrogens with one attached hydrogen (secondary N) is 1. The Morgan fingerprint density at radius 2 is 2.25 bits per heavy atom. The van der Waals surface area contributed by atoms with E-state index >= 15 is 0 Å². The minimum atomic E-state index is -0.581. The Morgan fingerprint density at radius 3 is 2.80 bits per heavy atom. The normalized spacial score (nSPS) is 12.4.